The molecular weight excluding hydrogens is 522 g/mol. The van der Waals surface area contributed by atoms with Gasteiger partial charge in [0.2, 0.25) is 0 Å². The molecule has 0 fully saturated rings. The van der Waals surface area contributed by atoms with E-state index in [0.29, 0.717) is 13.0 Å². The average molecular weight is 547 g/mol. The zero-order valence-electron chi connectivity index (χ0n) is 17.3. The molecule has 1 unspecified atom stereocenters. The molecule has 0 saturated carbocycles. The van der Waals surface area contributed by atoms with E-state index in [-0.39, 0.29) is 6.61 Å². The maximum atomic E-state index is 10.3. The Kier molecular flexibility index (Phi) is 7.20. The van der Waals surface area contributed by atoms with Crippen molar-refractivity contribution in [2.45, 2.75) is 32.3 Å². The highest BCUT2D eigenvalue weighted by Gasteiger charge is 2.14. The predicted octanol–water partition coefficient (Wildman–Crippen LogP) is 7.14. The number of aromatic nitrogens is 1. The topological polar surface area (TPSA) is 54.5 Å². The Morgan fingerprint density at radius 2 is 1.74 bits per heavy atom. The number of hydrogen-bond acceptors (Lipinski definition) is 3. The Labute approximate surface area is 198 Å². The fourth-order valence-electron chi connectivity index (χ4n) is 3.67. The zero-order valence-corrected chi connectivity index (χ0v) is 20.5. The van der Waals surface area contributed by atoms with Crippen LogP contribution in [0.1, 0.15) is 24.8 Å². The minimum atomic E-state index is -0.516. The molecule has 3 aromatic carbocycles. The van der Waals surface area contributed by atoms with Crippen molar-refractivity contribution in [1.29, 1.82) is 0 Å². The summed E-state index contributed by atoms with van der Waals surface area (Å²) in [5.41, 5.74) is 3.26. The van der Waals surface area contributed by atoms with Crippen molar-refractivity contribution in [1.82, 2.24) is 4.98 Å². The second-order valence-electron chi connectivity index (χ2n) is 7.69. The van der Waals surface area contributed by atoms with Crippen LogP contribution in [0, 0.1) is 6.92 Å². The fraction of sp³-hybridized carbons (Fsp3) is 0.280. The third-order valence-electron chi connectivity index (χ3n) is 5.34. The number of rotatable bonds is 9. The molecule has 2 N–H and O–H groups in total. The summed E-state index contributed by atoms with van der Waals surface area (Å²) in [7, 11) is 0. The van der Waals surface area contributed by atoms with Crippen molar-refractivity contribution in [2.75, 3.05) is 13.2 Å². The highest BCUT2D eigenvalue weighted by molar-refractivity contribution is 9.11. The van der Waals surface area contributed by atoms with Gasteiger partial charge in [-0.15, -0.1) is 0 Å². The summed E-state index contributed by atoms with van der Waals surface area (Å²) in [5, 5.41) is 12.6. The van der Waals surface area contributed by atoms with Crippen LogP contribution in [0.5, 0.6) is 11.5 Å². The van der Waals surface area contributed by atoms with Gasteiger partial charge in [-0.05, 0) is 84.1 Å². The van der Waals surface area contributed by atoms with Crippen molar-refractivity contribution in [3.05, 3.63) is 69.1 Å². The lowest BCUT2D eigenvalue weighted by Crippen LogP contribution is -2.17. The number of H-pyrrole nitrogens is 1. The smallest absolute Gasteiger partial charge is 0.134 e. The number of hydrogen-bond donors (Lipinski definition) is 2. The van der Waals surface area contributed by atoms with E-state index in [1.807, 2.05) is 49.4 Å². The molecular formula is C25H25Br2NO3. The van der Waals surface area contributed by atoms with E-state index in [2.05, 4.69) is 49.0 Å². The highest BCUT2D eigenvalue weighted by Crippen LogP contribution is 2.38. The molecule has 0 radical (unpaired) electrons. The molecule has 4 aromatic rings. The molecule has 0 aliphatic heterocycles. The van der Waals surface area contributed by atoms with Crippen molar-refractivity contribution >= 4 is 53.7 Å². The number of fused-ring (bicyclic) bond motifs is 3. The number of aliphatic hydroxyl groups is 1. The molecule has 0 aliphatic rings. The first-order valence-electron chi connectivity index (χ1n) is 10.4. The third-order valence-corrected chi connectivity index (χ3v) is 6.62. The Bertz CT molecular complexity index is 1190. The number of aromatic amines is 1. The molecule has 162 valence electrons. The lowest BCUT2D eigenvalue weighted by Gasteiger charge is -2.14. The van der Waals surface area contributed by atoms with E-state index >= 15 is 0 Å². The van der Waals surface area contributed by atoms with Gasteiger partial charge in [0.15, 0.2) is 0 Å². The molecule has 4 rings (SSSR count). The zero-order chi connectivity index (χ0) is 21.8. The summed E-state index contributed by atoms with van der Waals surface area (Å²) in [6.07, 6.45) is 1.94. The third kappa shape index (κ3) is 5.25. The van der Waals surface area contributed by atoms with Crippen molar-refractivity contribution in [3.63, 3.8) is 0 Å². The first kappa shape index (κ1) is 22.2. The first-order valence-corrected chi connectivity index (χ1v) is 12.0. The van der Waals surface area contributed by atoms with Crippen LogP contribution < -0.4 is 9.47 Å². The number of para-hydroxylation sites is 1. The summed E-state index contributed by atoms with van der Waals surface area (Å²) in [5.74, 6) is 1.66. The molecule has 0 saturated heterocycles. The SMILES string of the molecule is Cc1ccccc1OCCCCC(O)COc1ccc2[nH]c3ccc(Br)cc3c2c1Br. The number of benzene rings is 3. The van der Waals surface area contributed by atoms with Gasteiger partial charge in [-0.1, -0.05) is 34.1 Å². The quantitative estimate of drug-likeness (QED) is 0.219. The summed E-state index contributed by atoms with van der Waals surface area (Å²) >= 11 is 7.24. The summed E-state index contributed by atoms with van der Waals surface area (Å²) < 4.78 is 13.7. The van der Waals surface area contributed by atoms with Crippen molar-refractivity contribution in [2.24, 2.45) is 0 Å². The molecule has 0 aliphatic carbocycles. The minimum Gasteiger partial charge on any atom is -0.493 e. The monoisotopic (exact) mass is 545 g/mol. The second-order valence-corrected chi connectivity index (χ2v) is 9.40. The minimum absolute atomic E-state index is 0.259. The Hall–Kier alpha value is -2.02. The summed E-state index contributed by atoms with van der Waals surface area (Å²) in [6.45, 7) is 2.95. The molecule has 1 atom stereocenters. The van der Waals surface area contributed by atoms with E-state index in [0.717, 1.165) is 60.7 Å². The van der Waals surface area contributed by atoms with E-state index in [4.69, 9.17) is 9.47 Å². The Morgan fingerprint density at radius 1 is 0.935 bits per heavy atom. The van der Waals surface area contributed by atoms with E-state index in [9.17, 15) is 5.11 Å². The van der Waals surface area contributed by atoms with Gasteiger partial charge in [-0.25, -0.2) is 0 Å². The fourth-order valence-corrected chi connectivity index (χ4v) is 4.70. The van der Waals surface area contributed by atoms with Crippen LogP contribution in [0.3, 0.4) is 0 Å². The second kappa shape index (κ2) is 10.1. The molecule has 0 bridgehead atoms. The Balaban J connectivity index is 1.29. The van der Waals surface area contributed by atoms with Gasteiger partial charge in [0.05, 0.1) is 17.2 Å². The normalized spacial score (nSPS) is 12.4. The molecule has 31 heavy (non-hydrogen) atoms. The molecule has 0 spiro atoms. The largest absolute Gasteiger partial charge is 0.493 e. The van der Waals surface area contributed by atoms with Gasteiger partial charge in [-0.2, -0.15) is 0 Å². The Morgan fingerprint density at radius 3 is 2.58 bits per heavy atom. The van der Waals surface area contributed by atoms with Gasteiger partial charge >= 0.3 is 0 Å². The maximum absolute atomic E-state index is 10.3. The number of aryl methyl sites for hydroxylation is 1. The maximum Gasteiger partial charge on any atom is 0.134 e. The van der Waals surface area contributed by atoms with Gasteiger partial charge in [0.25, 0.3) is 0 Å². The predicted molar refractivity (Wildman–Crippen MR) is 133 cm³/mol. The lowest BCUT2D eigenvalue weighted by molar-refractivity contribution is 0.0961. The van der Waals surface area contributed by atoms with E-state index < -0.39 is 6.10 Å². The van der Waals surface area contributed by atoms with Crippen LogP contribution in [0.25, 0.3) is 21.8 Å². The van der Waals surface area contributed by atoms with E-state index in [1.165, 1.54) is 0 Å². The molecule has 6 heteroatoms. The number of nitrogens with one attached hydrogen (secondary N) is 1. The molecule has 0 amide bonds. The van der Waals surface area contributed by atoms with Crippen LogP contribution in [0.15, 0.2) is 63.5 Å². The van der Waals surface area contributed by atoms with Gasteiger partial charge in [0.1, 0.15) is 18.1 Å². The van der Waals surface area contributed by atoms with Crippen LogP contribution in [-0.2, 0) is 0 Å². The van der Waals surface area contributed by atoms with Crippen LogP contribution in [-0.4, -0.2) is 29.4 Å². The lowest BCUT2D eigenvalue weighted by atomic mass is 10.1. The number of ether oxygens (including phenoxy) is 2. The summed E-state index contributed by atoms with van der Waals surface area (Å²) in [6, 6.07) is 18.1. The summed E-state index contributed by atoms with van der Waals surface area (Å²) in [4.78, 5) is 3.43. The number of aliphatic hydroxyl groups excluding tert-OH is 1. The van der Waals surface area contributed by atoms with Gasteiger partial charge < -0.3 is 19.6 Å². The van der Waals surface area contributed by atoms with Gasteiger partial charge in [-0.3, -0.25) is 0 Å². The van der Waals surface area contributed by atoms with Crippen molar-refractivity contribution in [3.8, 4) is 11.5 Å². The van der Waals surface area contributed by atoms with Gasteiger partial charge in [0, 0.05) is 26.3 Å². The van der Waals surface area contributed by atoms with Crippen molar-refractivity contribution < 1.29 is 14.6 Å². The molecule has 4 nitrogen and oxygen atoms in total. The molecule has 1 heterocycles. The van der Waals surface area contributed by atoms with E-state index in [1.54, 1.807) is 0 Å². The first-order chi connectivity index (χ1) is 15.0. The average Bonchev–Trinajstić information content (AvgIpc) is 3.12. The van der Waals surface area contributed by atoms with Crippen LogP contribution in [0.4, 0.5) is 0 Å². The molecule has 1 aromatic heterocycles. The highest BCUT2D eigenvalue weighted by atomic mass is 79.9. The van der Waals surface area contributed by atoms with Crippen LogP contribution in [0.2, 0.25) is 0 Å². The number of halogens is 2. The van der Waals surface area contributed by atoms with Crippen LogP contribution >= 0.6 is 31.9 Å². The number of unbranched alkanes of at least 4 members (excludes halogenated alkanes) is 1. The standard InChI is InChI=1S/C25H25Br2NO3/c1-16-6-2-3-8-22(16)30-13-5-4-7-18(29)15-31-23-12-11-21-24(25(23)27)19-14-17(26)9-10-20(19)28-21/h2-3,6,8-12,14,18,28-29H,4-5,7,13,15H2,1H3.